The van der Waals surface area contributed by atoms with Crippen molar-refractivity contribution in [2.45, 2.75) is 6.54 Å². The molecule has 0 unspecified atom stereocenters. The van der Waals surface area contributed by atoms with E-state index in [0.29, 0.717) is 24.2 Å². The highest BCUT2D eigenvalue weighted by molar-refractivity contribution is 9.11. The Morgan fingerprint density at radius 2 is 1.71 bits per heavy atom. The number of halogens is 2. The summed E-state index contributed by atoms with van der Waals surface area (Å²) in [5.74, 6) is 1.74. The van der Waals surface area contributed by atoms with E-state index in [1.54, 1.807) is 6.07 Å². The highest BCUT2D eigenvalue weighted by atomic mass is 79.9. The van der Waals surface area contributed by atoms with Crippen molar-refractivity contribution in [3.8, 4) is 17.2 Å². The van der Waals surface area contributed by atoms with Crippen molar-refractivity contribution in [1.29, 1.82) is 0 Å². The lowest BCUT2D eigenvalue weighted by Crippen LogP contribution is -2.15. The zero-order valence-electron chi connectivity index (χ0n) is 11.0. The van der Waals surface area contributed by atoms with Gasteiger partial charge in [-0.3, -0.25) is 0 Å². The number of phenols is 1. The van der Waals surface area contributed by atoms with Gasteiger partial charge in [-0.05, 0) is 49.6 Å². The normalized spacial score (nSPS) is 13.0. The summed E-state index contributed by atoms with van der Waals surface area (Å²) in [5, 5.41) is 12.8. The number of benzene rings is 2. The fourth-order valence-corrected chi connectivity index (χ4v) is 2.95. The summed E-state index contributed by atoms with van der Waals surface area (Å²) in [4.78, 5) is 0. The van der Waals surface area contributed by atoms with Gasteiger partial charge in [0.05, 0.1) is 10.2 Å². The van der Waals surface area contributed by atoms with Crippen molar-refractivity contribution < 1.29 is 14.6 Å². The molecule has 0 saturated heterocycles. The first-order valence-electron chi connectivity index (χ1n) is 6.44. The number of nitrogens with one attached hydrogen (secondary N) is 1. The number of hydrogen-bond donors (Lipinski definition) is 2. The average molecular weight is 415 g/mol. The van der Waals surface area contributed by atoms with Gasteiger partial charge in [-0.1, -0.05) is 6.07 Å². The molecular formula is C15H13Br2NO3. The molecule has 0 aromatic heterocycles. The monoisotopic (exact) mass is 413 g/mol. The topological polar surface area (TPSA) is 50.7 Å². The molecule has 1 heterocycles. The SMILES string of the molecule is Oc1ccc(CNc2cc3c(cc2Br)OCCO3)cc1Br. The molecule has 0 spiro atoms. The van der Waals surface area contributed by atoms with Crippen molar-refractivity contribution in [2.75, 3.05) is 18.5 Å². The van der Waals surface area contributed by atoms with Gasteiger partial charge in [0.2, 0.25) is 0 Å². The van der Waals surface area contributed by atoms with Gasteiger partial charge in [-0.15, -0.1) is 0 Å². The molecule has 2 aromatic carbocycles. The second-order valence-electron chi connectivity index (χ2n) is 4.62. The predicted molar refractivity (Wildman–Crippen MR) is 88.3 cm³/mol. The molecule has 21 heavy (non-hydrogen) atoms. The van der Waals surface area contributed by atoms with Crippen LogP contribution in [0.4, 0.5) is 5.69 Å². The lowest BCUT2D eigenvalue weighted by molar-refractivity contribution is 0.171. The zero-order valence-corrected chi connectivity index (χ0v) is 14.2. The van der Waals surface area contributed by atoms with E-state index in [1.807, 2.05) is 24.3 Å². The Hall–Kier alpha value is -1.40. The summed E-state index contributed by atoms with van der Waals surface area (Å²) in [6.45, 7) is 1.78. The number of aromatic hydroxyl groups is 1. The maximum atomic E-state index is 9.50. The molecule has 0 aliphatic carbocycles. The Labute approximate surface area is 139 Å². The van der Waals surface area contributed by atoms with Crippen molar-refractivity contribution in [1.82, 2.24) is 0 Å². The maximum Gasteiger partial charge on any atom is 0.163 e. The molecule has 0 atom stereocenters. The number of ether oxygens (including phenoxy) is 2. The van der Waals surface area contributed by atoms with Gasteiger partial charge in [0, 0.05) is 23.2 Å². The van der Waals surface area contributed by atoms with E-state index in [-0.39, 0.29) is 5.75 Å². The lowest BCUT2D eigenvalue weighted by Gasteiger charge is -2.20. The second kappa shape index (κ2) is 6.15. The quantitative estimate of drug-likeness (QED) is 0.786. The van der Waals surface area contributed by atoms with Crippen LogP contribution in [0.15, 0.2) is 39.3 Å². The van der Waals surface area contributed by atoms with Crippen LogP contribution in [0, 0.1) is 0 Å². The molecule has 6 heteroatoms. The molecule has 0 amide bonds. The first-order valence-corrected chi connectivity index (χ1v) is 8.02. The van der Waals surface area contributed by atoms with E-state index >= 15 is 0 Å². The van der Waals surface area contributed by atoms with E-state index in [0.717, 1.165) is 27.2 Å². The van der Waals surface area contributed by atoms with Crippen molar-refractivity contribution in [3.05, 3.63) is 44.8 Å². The van der Waals surface area contributed by atoms with Gasteiger partial charge >= 0.3 is 0 Å². The van der Waals surface area contributed by atoms with Crippen LogP contribution < -0.4 is 14.8 Å². The molecule has 0 saturated carbocycles. The van der Waals surface area contributed by atoms with Crippen LogP contribution in [0.5, 0.6) is 17.2 Å². The molecule has 0 bridgehead atoms. The summed E-state index contributed by atoms with van der Waals surface area (Å²) in [6.07, 6.45) is 0. The summed E-state index contributed by atoms with van der Waals surface area (Å²) >= 11 is 6.84. The minimum atomic E-state index is 0.235. The lowest BCUT2D eigenvalue weighted by atomic mass is 10.2. The van der Waals surface area contributed by atoms with Crippen LogP contribution in [-0.2, 0) is 6.54 Å². The molecule has 0 fully saturated rings. The van der Waals surface area contributed by atoms with Crippen LogP contribution in [0.25, 0.3) is 0 Å². The van der Waals surface area contributed by atoms with Crippen molar-refractivity contribution >= 4 is 37.5 Å². The van der Waals surface area contributed by atoms with Gasteiger partial charge in [-0.2, -0.15) is 0 Å². The van der Waals surface area contributed by atoms with Crippen molar-refractivity contribution in [3.63, 3.8) is 0 Å². The first-order chi connectivity index (χ1) is 10.1. The molecule has 2 aromatic rings. The third-order valence-corrected chi connectivity index (χ3v) is 4.42. The second-order valence-corrected chi connectivity index (χ2v) is 6.32. The number of phenolic OH excluding ortho intramolecular Hbond substituents is 1. The van der Waals surface area contributed by atoms with Crippen molar-refractivity contribution in [2.24, 2.45) is 0 Å². The maximum absolute atomic E-state index is 9.50. The third-order valence-electron chi connectivity index (χ3n) is 3.13. The summed E-state index contributed by atoms with van der Waals surface area (Å²) in [7, 11) is 0. The average Bonchev–Trinajstić information content (AvgIpc) is 2.48. The first kappa shape index (κ1) is 14.5. The standard InChI is InChI=1S/C15H13Br2NO3/c16-10-6-14-15(21-4-3-20-14)7-12(10)18-8-9-1-2-13(19)11(17)5-9/h1-2,5-7,18-19H,3-4,8H2. The minimum Gasteiger partial charge on any atom is -0.507 e. The van der Waals surface area contributed by atoms with Gasteiger partial charge in [-0.25, -0.2) is 0 Å². The van der Waals surface area contributed by atoms with Gasteiger partial charge in [0.15, 0.2) is 11.5 Å². The number of anilines is 1. The van der Waals surface area contributed by atoms with Gasteiger partial charge < -0.3 is 19.9 Å². The van der Waals surface area contributed by atoms with E-state index in [2.05, 4.69) is 37.2 Å². The van der Waals surface area contributed by atoms with Crippen LogP contribution in [-0.4, -0.2) is 18.3 Å². The van der Waals surface area contributed by atoms with Crippen LogP contribution in [0.1, 0.15) is 5.56 Å². The Balaban J connectivity index is 1.77. The Bertz CT molecular complexity index is 676. The molecule has 110 valence electrons. The molecule has 3 rings (SSSR count). The van der Waals surface area contributed by atoms with Crippen LogP contribution in [0.3, 0.4) is 0 Å². The molecule has 1 aliphatic heterocycles. The number of fused-ring (bicyclic) bond motifs is 1. The minimum absolute atomic E-state index is 0.235. The Morgan fingerprint density at radius 3 is 2.43 bits per heavy atom. The zero-order chi connectivity index (χ0) is 14.8. The van der Waals surface area contributed by atoms with Gasteiger partial charge in [0.25, 0.3) is 0 Å². The summed E-state index contributed by atoms with van der Waals surface area (Å²) in [5.41, 5.74) is 1.99. The van der Waals surface area contributed by atoms with E-state index in [9.17, 15) is 5.11 Å². The highest BCUT2D eigenvalue weighted by Gasteiger charge is 2.14. The third kappa shape index (κ3) is 3.27. The molecule has 1 aliphatic rings. The predicted octanol–water partition coefficient (Wildman–Crippen LogP) is 4.30. The molecular weight excluding hydrogens is 402 g/mol. The van der Waals surface area contributed by atoms with Gasteiger partial charge in [0.1, 0.15) is 19.0 Å². The fourth-order valence-electron chi connectivity index (χ4n) is 2.06. The highest BCUT2D eigenvalue weighted by Crippen LogP contribution is 2.38. The smallest absolute Gasteiger partial charge is 0.163 e. The number of rotatable bonds is 3. The van der Waals surface area contributed by atoms with E-state index in [4.69, 9.17) is 9.47 Å². The Kier molecular flexibility index (Phi) is 4.26. The van der Waals surface area contributed by atoms with E-state index < -0.39 is 0 Å². The number of hydrogen-bond acceptors (Lipinski definition) is 4. The van der Waals surface area contributed by atoms with E-state index in [1.165, 1.54) is 0 Å². The largest absolute Gasteiger partial charge is 0.507 e. The van der Waals surface area contributed by atoms with Crippen LogP contribution >= 0.6 is 31.9 Å². The van der Waals surface area contributed by atoms with Crippen LogP contribution in [0.2, 0.25) is 0 Å². The fraction of sp³-hybridized carbons (Fsp3) is 0.200. The Morgan fingerprint density at radius 1 is 1.00 bits per heavy atom. The summed E-state index contributed by atoms with van der Waals surface area (Å²) in [6, 6.07) is 9.25. The molecule has 4 nitrogen and oxygen atoms in total. The molecule has 2 N–H and O–H groups in total. The summed E-state index contributed by atoms with van der Waals surface area (Å²) < 4.78 is 12.7. The molecule has 0 radical (unpaired) electrons.